The van der Waals surface area contributed by atoms with E-state index in [0.29, 0.717) is 11.3 Å². The first kappa shape index (κ1) is 14.9. The molecular formula is C17H17BrN2O3. The molecule has 4 rings (SSSR count). The zero-order valence-electron chi connectivity index (χ0n) is 12.5. The number of halogens is 1. The summed E-state index contributed by atoms with van der Waals surface area (Å²) in [7, 11) is 0. The first-order chi connectivity index (χ1) is 11.2. The van der Waals surface area contributed by atoms with E-state index in [1.807, 2.05) is 24.3 Å². The highest BCUT2D eigenvalue weighted by molar-refractivity contribution is 9.10. The molecule has 2 aliphatic heterocycles. The zero-order valence-corrected chi connectivity index (χ0v) is 14.1. The molecule has 2 amide bonds. The SMILES string of the molecule is O=C1C2=C(c3ccc(Br)cc3)NO[C@@H]2C(=O)N1C1CCCCC1. The second-order valence-corrected chi connectivity index (χ2v) is 7.12. The Balaban J connectivity index is 1.70. The van der Waals surface area contributed by atoms with Crippen molar-refractivity contribution >= 4 is 33.4 Å². The van der Waals surface area contributed by atoms with Crippen molar-refractivity contribution in [1.82, 2.24) is 10.4 Å². The van der Waals surface area contributed by atoms with Crippen molar-refractivity contribution < 1.29 is 14.4 Å². The maximum atomic E-state index is 12.9. The number of hydrogen-bond donors (Lipinski definition) is 1. The molecule has 0 aromatic heterocycles. The number of nitrogens with one attached hydrogen (secondary N) is 1. The summed E-state index contributed by atoms with van der Waals surface area (Å²) < 4.78 is 0.958. The van der Waals surface area contributed by atoms with Gasteiger partial charge >= 0.3 is 0 Å². The third-order valence-corrected chi connectivity index (χ3v) is 5.32. The van der Waals surface area contributed by atoms with E-state index in [4.69, 9.17) is 4.84 Å². The van der Waals surface area contributed by atoms with Gasteiger partial charge in [-0.1, -0.05) is 47.3 Å². The Hall–Kier alpha value is -1.66. The summed E-state index contributed by atoms with van der Waals surface area (Å²) in [5.41, 5.74) is 4.68. The quantitative estimate of drug-likeness (QED) is 0.806. The van der Waals surface area contributed by atoms with Crippen molar-refractivity contribution in [3.63, 3.8) is 0 Å². The molecule has 1 aliphatic carbocycles. The topological polar surface area (TPSA) is 58.6 Å². The van der Waals surface area contributed by atoms with Crippen LogP contribution < -0.4 is 5.48 Å². The number of hydrogen-bond acceptors (Lipinski definition) is 4. The fourth-order valence-corrected chi connectivity index (χ4v) is 3.89. The molecule has 3 aliphatic rings. The van der Waals surface area contributed by atoms with Crippen LogP contribution in [0, 0.1) is 0 Å². The molecule has 6 heteroatoms. The molecule has 1 N–H and O–H groups in total. The lowest BCUT2D eigenvalue weighted by Crippen LogP contribution is -2.43. The lowest BCUT2D eigenvalue weighted by atomic mass is 9.94. The number of likely N-dealkylation sites (tertiary alicyclic amines) is 1. The second-order valence-electron chi connectivity index (χ2n) is 6.20. The number of carbonyl (C=O) groups excluding carboxylic acids is 2. The van der Waals surface area contributed by atoms with Gasteiger partial charge in [0.25, 0.3) is 11.8 Å². The average molecular weight is 377 g/mol. The van der Waals surface area contributed by atoms with Crippen LogP contribution in [0.2, 0.25) is 0 Å². The Morgan fingerprint density at radius 1 is 1.09 bits per heavy atom. The Kier molecular flexibility index (Phi) is 3.73. The van der Waals surface area contributed by atoms with Crippen molar-refractivity contribution in [2.24, 2.45) is 0 Å². The molecule has 23 heavy (non-hydrogen) atoms. The number of carbonyl (C=O) groups is 2. The van der Waals surface area contributed by atoms with Crippen LogP contribution in [0.15, 0.2) is 34.3 Å². The molecule has 1 saturated heterocycles. The number of nitrogens with zero attached hydrogens (tertiary/aromatic N) is 1. The lowest BCUT2D eigenvalue weighted by Gasteiger charge is -2.29. The minimum absolute atomic E-state index is 0.0246. The summed E-state index contributed by atoms with van der Waals surface area (Å²) in [6, 6.07) is 7.62. The summed E-state index contributed by atoms with van der Waals surface area (Å²) in [6.07, 6.45) is 4.33. The first-order valence-corrected chi connectivity index (χ1v) is 8.75. The number of imide groups is 1. The Morgan fingerprint density at radius 3 is 2.48 bits per heavy atom. The highest BCUT2D eigenvalue weighted by Crippen LogP contribution is 2.37. The van der Waals surface area contributed by atoms with Gasteiger partial charge in [-0.15, -0.1) is 0 Å². The second kappa shape index (κ2) is 5.76. The third kappa shape index (κ3) is 2.40. The number of fused-ring (bicyclic) bond motifs is 1. The van der Waals surface area contributed by atoms with Crippen LogP contribution in [0.4, 0.5) is 0 Å². The number of rotatable bonds is 2. The molecule has 2 heterocycles. The van der Waals surface area contributed by atoms with E-state index in [0.717, 1.165) is 35.7 Å². The third-order valence-electron chi connectivity index (χ3n) is 4.79. The molecule has 2 fully saturated rings. The van der Waals surface area contributed by atoms with Crippen LogP contribution in [-0.4, -0.2) is 28.9 Å². The van der Waals surface area contributed by atoms with Gasteiger partial charge < -0.3 is 0 Å². The van der Waals surface area contributed by atoms with E-state index in [1.54, 1.807) is 0 Å². The van der Waals surface area contributed by atoms with E-state index >= 15 is 0 Å². The smallest absolute Gasteiger partial charge is 0.266 e. The van der Waals surface area contributed by atoms with Gasteiger partial charge in [-0.3, -0.25) is 24.8 Å². The monoisotopic (exact) mass is 376 g/mol. The van der Waals surface area contributed by atoms with Crippen molar-refractivity contribution in [2.45, 2.75) is 44.2 Å². The molecule has 0 bridgehead atoms. The molecule has 1 atom stereocenters. The highest BCUT2D eigenvalue weighted by Gasteiger charge is 2.52. The van der Waals surface area contributed by atoms with E-state index < -0.39 is 6.10 Å². The molecule has 1 saturated carbocycles. The van der Waals surface area contributed by atoms with Crippen molar-refractivity contribution in [1.29, 1.82) is 0 Å². The fraction of sp³-hybridized carbons (Fsp3) is 0.412. The van der Waals surface area contributed by atoms with Gasteiger partial charge in [-0.25, -0.2) is 0 Å². The fourth-order valence-electron chi connectivity index (χ4n) is 3.63. The molecule has 5 nitrogen and oxygen atoms in total. The number of hydroxylamine groups is 1. The highest BCUT2D eigenvalue weighted by atomic mass is 79.9. The van der Waals surface area contributed by atoms with Crippen LogP contribution in [0.25, 0.3) is 5.70 Å². The first-order valence-electron chi connectivity index (χ1n) is 7.96. The Bertz CT molecular complexity index is 692. The van der Waals surface area contributed by atoms with E-state index in [2.05, 4.69) is 21.4 Å². The summed E-state index contributed by atoms with van der Waals surface area (Å²) in [5.74, 6) is -0.425. The van der Waals surface area contributed by atoms with Crippen LogP contribution in [0.3, 0.4) is 0 Å². The number of amides is 2. The molecule has 0 radical (unpaired) electrons. The molecule has 0 unspecified atom stereocenters. The van der Waals surface area contributed by atoms with Gasteiger partial charge in [-0.2, -0.15) is 0 Å². The van der Waals surface area contributed by atoms with Gasteiger partial charge in [0.05, 0.1) is 11.3 Å². The van der Waals surface area contributed by atoms with Gasteiger partial charge in [0.1, 0.15) is 0 Å². The van der Waals surface area contributed by atoms with E-state index in [9.17, 15) is 9.59 Å². The summed E-state index contributed by atoms with van der Waals surface area (Å²) >= 11 is 3.40. The predicted octanol–water partition coefficient (Wildman–Crippen LogP) is 2.77. The maximum Gasteiger partial charge on any atom is 0.266 e. The maximum absolute atomic E-state index is 12.9. The van der Waals surface area contributed by atoms with Crippen LogP contribution in [-0.2, 0) is 14.4 Å². The lowest BCUT2D eigenvalue weighted by molar-refractivity contribution is -0.146. The largest absolute Gasteiger partial charge is 0.273 e. The Labute approximate surface area is 142 Å². The molecule has 0 spiro atoms. The van der Waals surface area contributed by atoms with E-state index in [-0.39, 0.29) is 17.9 Å². The van der Waals surface area contributed by atoms with Crippen LogP contribution in [0.1, 0.15) is 37.7 Å². The van der Waals surface area contributed by atoms with Crippen molar-refractivity contribution in [3.8, 4) is 0 Å². The van der Waals surface area contributed by atoms with Gasteiger partial charge in [0, 0.05) is 16.1 Å². The number of benzene rings is 1. The minimum atomic E-state index is -0.803. The van der Waals surface area contributed by atoms with Crippen LogP contribution in [0.5, 0.6) is 0 Å². The summed E-state index contributed by atoms with van der Waals surface area (Å²) in [6.45, 7) is 0. The van der Waals surface area contributed by atoms with Gasteiger partial charge in [0.2, 0.25) is 0 Å². The van der Waals surface area contributed by atoms with Crippen molar-refractivity contribution in [3.05, 3.63) is 39.9 Å². The molecule has 1 aromatic rings. The standard InChI is InChI=1S/C17H17BrN2O3/c18-11-8-6-10(7-9-11)14-13-15(23-19-14)17(22)20(16(13)21)12-4-2-1-3-5-12/h6-9,12,15,19H,1-5H2/t15-/m0/s1. The van der Waals surface area contributed by atoms with Crippen LogP contribution >= 0.6 is 15.9 Å². The van der Waals surface area contributed by atoms with Gasteiger partial charge in [-0.05, 0) is 25.0 Å². The Morgan fingerprint density at radius 2 is 1.78 bits per heavy atom. The van der Waals surface area contributed by atoms with Crippen molar-refractivity contribution in [2.75, 3.05) is 0 Å². The average Bonchev–Trinajstić information content (AvgIpc) is 3.10. The molecule has 1 aromatic carbocycles. The minimum Gasteiger partial charge on any atom is -0.273 e. The van der Waals surface area contributed by atoms with E-state index in [1.165, 1.54) is 11.3 Å². The molecule has 120 valence electrons. The summed E-state index contributed by atoms with van der Waals surface area (Å²) in [5, 5.41) is 0. The normalized spacial score (nSPS) is 25.1. The molecular weight excluding hydrogens is 360 g/mol. The zero-order chi connectivity index (χ0) is 16.0. The summed E-state index contributed by atoms with van der Waals surface area (Å²) in [4.78, 5) is 32.4. The predicted molar refractivity (Wildman–Crippen MR) is 87.8 cm³/mol. The van der Waals surface area contributed by atoms with Gasteiger partial charge in [0.15, 0.2) is 6.10 Å².